The summed E-state index contributed by atoms with van der Waals surface area (Å²) in [5.74, 6) is -0.507. The van der Waals surface area contributed by atoms with Crippen LogP contribution in [0.2, 0.25) is 0 Å². The fourth-order valence-electron chi connectivity index (χ4n) is 5.63. The number of likely N-dealkylation sites (N-methyl/N-ethyl adjacent to an activating group) is 1. The number of allylic oxidation sites excluding steroid dienone is 1. The molecule has 1 aliphatic heterocycles. The molecule has 3 aromatic carbocycles. The topological polar surface area (TPSA) is 75.7 Å². The van der Waals surface area contributed by atoms with Crippen molar-refractivity contribution in [2.45, 2.75) is 25.3 Å². The third-order valence-corrected chi connectivity index (χ3v) is 7.54. The molecule has 0 aromatic heterocycles. The van der Waals surface area contributed by atoms with Crippen molar-refractivity contribution in [2.75, 3.05) is 19.0 Å². The third-order valence-electron chi connectivity index (χ3n) is 7.54. The Morgan fingerprint density at radius 1 is 1.03 bits per heavy atom. The van der Waals surface area contributed by atoms with Crippen molar-refractivity contribution in [1.29, 1.82) is 0 Å². The number of nitrogens with zero attached hydrogens (tertiary/aromatic N) is 1. The van der Waals surface area contributed by atoms with Crippen LogP contribution in [-0.2, 0) is 20.7 Å². The normalized spacial score (nSPS) is 21.2. The number of hydrogen-bond donors (Lipinski definition) is 1. The lowest BCUT2D eigenvalue weighted by atomic mass is 9.75. The van der Waals surface area contributed by atoms with Gasteiger partial charge in [0.15, 0.2) is 0 Å². The van der Waals surface area contributed by atoms with Gasteiger partial charge in [-0.25, -0.2) is 0 Å². The van der Waals surface area contributed by atoms with Gasteiger partial charge in [0, 0.05) is 24.2 Å². The minimum absolute atomic E-state index is 0.134. The highest BCUT2D eigenvalue weighted by Crippen LogP contribution is 2.52. The molecule has 0 spiro atoms. The van der Waals surface area contributed by atoms with E-state index >= 15 is 0 Å². The molecule has 3 unspecified atom stereocenters. The Hall–Kier alpha value is -4.19. The quantitative estimate of drug-likeness (QED) is 0.362. The Morgan fingerprint density at radius 2 is 1.68 bits per heavy atom. The minimum Gasteiger partial charge on any atom is -0.465 e. The molecular formula is C31H30N2O4. The van der Waals surface area contributed by atoms with Crippen LogP contribution in [0.1, 0.15) is 40.4 Å². The molecule has 6 heteroatoms. The molecule has 5 rings (SSSR count). The fraction of sp³-hybridized carbons (Fsp3) is 0.258. The fourth-order valence-corrected chi connectivity index (χ4v) is 5.63. The monoisotopic (exact) mass is 494 g/mol. The van der Waals surface area contributed by atoms with E-state index < -0.39 is 11.5 Å². The molecule has 0 radical (unpaired) electrons. The number of hydrogen-bond acceptors (Lipinski definition) is 4. The Balaban J connectivity index is 1.33. The molecule has 1 heterocycles. The van der Waals surface area contributed by atoms with Gasteiger partial charge in [-0.15, -0.1) is 0 Å². The van der Waals surface area contributed by atoms with Gasteiger partial charge in [0.05, 0.1) is 12.0 Å². The van der Waals surface area contributed by atoms with Crippen LogP contribution in [0, 0.1) is 11.3 Å². The number of anilines is 1. The summed E-state index contributed by atoms with van der Waals surface area (Å²) < 4.78 is 5.39. The molecule has 1 saturated carbocycles. The van der Waals surface area contributed by atoms with E-state index in [1.165, 1.54) is 4.90 Å². The van der Waals surface area contributed by atoms with Gasteiger partial charge in [-0.1, -0.05) is 72.8 Å². The zero-order valence-corrected chi connectivity index (χ0v) is 20.9. The van der Waals surface area contributed by atoms with Crippen molar-refractivity contribution in [1.82, 2.24) is 4.90 Å². The van der Waals surface area contributed by atoms with Gasteiger partial charge in [0.2, 0.25) is 0 Å². The molecule has 0 bridgehead atoms. The van der Waals surface area contributed by atoms with Gasteiger partial charge < -0.3 is 15.0 Å². The zero-order chi connectivity index (χ0) is 26.0. The van der Waals surface area contributed by atoms with E-state index in [1.54, 1.807) is 31.3 Å². The van der Waals surface area contributed by atoms with Crippen molar-refractivity contribution >= 4 is 23.5 Å². The van der Waals surface area contributed by atoms with Crippen LogP contribution in [0.3, 0.4) is 0 Å². The van der Waals surface area contributed by atoms with E-state index in [1.807, 2.05) is 60.7 Å². The number of benzene rings is 3. The molecule has 1 aliphatic carbocycles. The second-order valence-electron chi connectivity index (χ2n) is 10.0. The molecule has 6 nitrogen and oxygen atoms in total. The number of esters is 1. The molecule has 2 fully saturated rings. The van der Waals surface area contributed by atoms with Crippen LogP contribution in [0.5, 0.6) is 0 Å². The van der Waals surface area contributed by atoms with E-state index in [-0.39, 0.29) is 23.7 Å². The summed E-state index contributed by atoms with van der Waals surface area (Å²) in [4.78, 5) is 40.8. The molecule has 37 heavy (non-hydrogen) atoms. The first-order valence-electron chi connectivity index (χ1n) is 12.5. The number of carbonyl (C=O) groups excluding carboxylic acids is 3. The Labute approximate surface area is 216 Å². The summed E-state index contributed by atoms with van der Waals surface area (Å²) in [5.41, 5.74) is 3.43. The largest absolute Gasteiger partial charge is 0.465 e. The van der Waals surface area contributed by atoms with E-state index in [4.69, 9.17) is 4.74 Å². The maximum atomic E-state index is 13.5. The highest BCUT2D eigenvalue weighted by atomic mass is 16.5. The molecule has 1 saturated heterocycles. The number of cyclic esters (lactones) is 1. The zero-order valence-electron chi connectivity index (χ0n) is 20.9. The number of carbonyl (C=O) groups is 3. The first-order chi connectivity index (χ1) is 17.9. The Kier molecular flexibility index (Phi) is 6.66. The first kappa shape index (κ1) is 24.5. The number of amides is 2. The van der Waals surface area contributed by atoms with Gasteiger partial charge >= 0.3 is 5.97 Å². The van der Waals surface area contributed by atoms with Gasteiger partial charge in [0.1, 0.15) is 6.04 Å². The minimum atomic E-state index is -0.814. The summed E-state index contributed by atoms with van der Waals surface area (Å²) >= 11 is 0. The molecule has 3 atom stereocenters. The summed E-state index contributed by atoms with van der Waals surface area (Å²) in [6, 6.07) is 24.9. The molecule has 2 amide bonds. The van der Waals surface area contributed by atoms with E-state index in [0.717, 1.165) is 23.1 Å². The molecule has 1 N–H and O–H groups in total. The lowest BCUT2D eigenvalue weighted by Gasteiger charge is -2.28. The molecule has 2 aliphatic rings. The van der Waals surface area contributed by atoms with Crippen LogP contribution in [-0.4, -0.2) is 36.3 Å². The number of rotatable bonds is 7. The molecular weight excluding hydrogens is 464 g/mol. The number of fused-ring (bicyclic) bond motifs is 1. The lowest BCUT2D eigenvalue weighted by Crippen LogP contribution is -2.38. The van der Waals surface area contributed by atoms with Gasteiger partial charge in [-0.2, -0.15) is 0 Å². The predicted molar refractivity (Wildman–Crippen MR) is 142 cm³/mol. The second-order valence-corrected chi connectivity index (χ2v) is 10.0. The second kappa shape index (κ2) is 10.1. The van der Waals surface area contributed by atoms with E-state index in [9.17, 15) is 14.4 Å². The predicted octanol–water partition coefficient (Wildman–Crippen LogP) is 5.19. The smallest absolute Gasteiger partial charge is 0.313 e. The van der Waals surface area contributed by atoms with Crippen molar-refractivity contribution in [2.24, 2.45) is 11.3 Å². The third kappa shape index (κ3) is 4.79. The van der Waals surface area contributed by atoms with Crippen LogP contribution in [0.4, 0.5) is 5.69 Å². The van der Waals surface area contributed by atoms with Crippen LogP contribution < -0.4 is 5.32 Å². The van der Waals surface area contributed by atoms with Crippen molar-refractivity contribution in [3.05, 3.63) is 114 Å². The van der Waals surface area contributed by atoms with E-state index in [2.05, 4.69) is 11.9 Å². The van der Waals surface area contributed by atoms with Crippen molar-refractivity contribution < 1.29 is 19.1 Å². The van der Waals surface area contributed by atoms with Crippen LogP contribution in [0.15, 0.2) is 97.1 Å². The average Bonchev–Trinajstić information content (AvgIpc) is 3.39. The number of nitrogens with one attached hydrogen (secondary N) is 1. The van der Waals surface area contributed by atoms with Crippen molar-refractivity contribution in [3.63, 3.8) is 0 Å². The lowest BCUT2D eigenvalue weighted by molar-refractivity contribution is -0.146. The highest BCUT2D eigenvalue weighted by Gasteiger charge is 2.55. The highest BCUT2D eigenvalue weighted by molar-refractivity contribution is 6.01. The maximum Gasteiger partial charge on any atom is 0.313 e. The van der Waals surface area contributed by atoms with Gasteiger partial charge in [-0.3, -0.25) is 14.4 Å². The number of ether oxygens (including phenoxy) is 1. The van der Waals surface area contributed by atoms with Crippen LogP contribution in [0.25, 0.3) is 0 Å². The first-order valence-corrected chi connectivity index (χ1v) is 12.5. The summed E-state index contributed by atoms with van der Waals surface area (Å²) in [7, 11) is 1.64. The van der Waals surface area contributed by atoms with Gasteiger partial charge in [-0.05, 0) is 54.7 Å². The Morgan fingerprint density at radius 3 is 2.35 bits per heavy atom. The summed E-state index contributed by atoms with van der Waals surface area (Å²) in [6.07, 6.45) is 2.08. The molecule has 188 valence electrons. The van der Waals surface area contributed by atoms with Crippen molar-refractivity contribution in [3.8, 4) is 0 Å². The summed E-state index contributed by atoms with van der Waals surface area (Å²) in [5, 5.41) is 2.97. The summed E-state index contributed by atoms with van der Waals surface area (Å²) in [6.45, 7) is 4.57. The standard InChI is InChI=1S/C31H30N2O4/c1-21-17-25-20-37-30(36)31(25,18-21)19-22-13-15-26(16-14-22)32-28(34)27(23-9-5-3-6-10-23)33(2)29(35)24-11-7-4-8-12-24/h3-16,25,27H,1,17-20H2,2H3,(H,32,34). The maximum absolute atomic E-state index is 13.5. The van der Waals surface area contributed by atoms with Crippen LogP contribution >= 0.6 is 0 Å². The molecule has 3 aromatic rings. The van der Waals surface area contributed by atoms with Gasteiger partial charge in [0.25, 0.3) is 11.8 Å². The Bertz CT molecular complexity index is 1320. The SMILES string of the molecule is C=C1CC2COC(=O)C2(Cc2ccc(NC(=O)C(c3ccccc3)N(C)C(=O)c3ccccc3)cc2)C1. The van der Waals surface area contributed by atoms with E-state index in [0.29, 0.717) is 30.7 Å². The average molecular weight is 495 g/mol.